The zero-order chi connectivity index (χ0) is 91.4. The van der Waals surface area contributed by atoms with Gasteiger partial charge in [0.2, 0.25) is 3.79 Å². The van der Waals surface area contributed by atoms with Gasteiger partial charge < -0.3 is 71.1 Å². The third kappa shape index (κ3) is 27.4. The third-order valence-corrected chi connectivity index (χ3v) is 19.8. The molecule has 0 saturated heterocycles. The van der Waals surface area contributed by atoms with Gasteiger partial charge in [0.15, 0.2) is 0 Å². The molecule has 0 fully saturated rings. The third-order valence-electron chi connectivity index (χ3n) is 19.4. The Hall–Kier alpha value is -16.1. The summed E-state index contributed by atoms with van der Waals surface area (Å²) in [6.45, 7) is 0.00835. The van der Waals surface area contributed by atoms with Crippen molar-refractivity contribution in [2.75, 3.05) is 6.61 Å². The number of alkyl halides is 3. The summed E-state index contributed by atoms with van der Waals surface area (Å²) in [6, 6.07) is 102. The van der Waals surface area contributed by atoms with E-state index in [1.54, 1.807) is 24.3 Å². The summed E-state index contributed by atoms with van der Waals surface area (Å²) < 4.78 is 89.5. The number of carbonyl (C=O) groups excluding carboxylic acids is 7. The van der Waals surface area contributed by atoms with Gasteiger partial charge in [-0.1, -0.05) is 277 Å². The van der Waals surface area contributed by atoms with Crippen LogP contribution < -0.4 is 66.3 Å². The van der Waals surface area contributed by atoms with Crippen molar-refractivity contribution in [3.8, 4) is 80.5 Å². The van der Waals surface area contributed by atoms with Crippen LogP contribution >= 0.6 is 34.8 Å². The lowest BCUT2D eigenvalue weighted by Crippen LogP contribution is -2.18. The molecule has 0 aliphatic rings. The summed E-state index contributed by atoms with van der Waals surface area (Å²) in [4.78, 5) is 104. The molecule has 0 aliphatic carbocycles. The largest absolute Gasteiger partial charge is 0.489 e. The zero-order valence-electron chi connectivity index (χ0n) is 70.2. The standard InChI is InChI=1S/C107H79Cl3O22/c108-107(109,110)70-126-100(111)79-49-94(127-105(116)84-51-96(129-101(112)80-41-86(118-62-71-25-9-1-10-26-71)55-87(42-80)119-63-72-27-11-2-12-28-72)60-97(52-84)130-102(113)81-43-88(120-64-73-29-13-3-14-30-73)56-89(44-81)121-65-74-31-15-4-16-32-74)59-95(50-79)128-106(117)85-53-98(131-103(114)82-45-90(122-66-75-33-17-5-18-34-75)57-91(46-82)123-67-76-35-19-6-20-36-76)61-99(54-85)132-104(115)83-47-92(124-68-77-37-21-7-22-38-77)58-93(48-83)125-69-78-39-23-8-24-40-78/h1-61H,62-70H2. The fraction of sp³-hybridized carbons (Fsp3) is 0.0935. The van der Waals surface area contributed by atoms with Gasteiger partial charge in [-0.25, -0.2) is 33.6 Å². The van der Waals surface area contributed by atoms with E-state index in [1.165, 1.54) is 60.7 Å². The van der Waals surface area contributed by atoms with Crippen molar-refractivity contribution >= 4 is 76.6 Å². The quantitative estimate of drug-likeness (QED) is 0.0198. The fourth-order valence-corrected chi connectivity index (χ4v) is 13.2. The highest BCUT2D eigenvalue weighted by atomic mass is 35.6. The van der Waals surface area contributed by atoms with Crippen molar-refractivity contribution in [1.29, 1.82) is 0 Å². The Morgan fingerprint density at radius 3 is 0.447 bits per heavy atom. The highest BCUT2D eigenvalue weighted by Crippen LogP contribution is 2.37. The van der Waals surface area contributed by atoms with E-state index >= 15 is 9.59 Å². The van der Waals surface area contributed by atoms with E-state index < -0.39 is 80.4 Å². The van der Waals surface area contributed by atoms with E-state index in [9.17, 15) is 24.0 Å². The Morgan fingerprint density at radius 1 is 0.174 bits per heavy atom. The molecule has 0 atom stereocenters. The molecule has 0 N–H and O–H groups in total. The van der Waals surface area contributed by atoms with Gasteiger partial charge >= 0.3 is 41.8 Å². The smallest absolute Gasteiger partial charge is 0.343 e. The zero-order valence-corrected chi connectivity index (χ0v) is 72.5. The van der Waals surface area contributed by atoms with E-state index in [0.717, 1.165) is 87.0 Å². The number of carbonyl (C=O) groups is 7. The molecular formula is C107H79Cl3O22. The minimum absolute atomic E-state index is 0.0761. The monoisotopic (exact) mass is 1820 g/mol. The number of rotatable bonds is 38. The first-order chi connectivity index (χ1) is 64.2. The fourth-order valence-electron chi connectivity index (χ4n) is 13.0. The number of esters is 7. The molecule has 0 amide bonds. The molecule has 0 heterocycles. The van der Waals surface area contributed by atoms with Crippen LogP contribution in [0.3, 0.4) is 0 Å². The van der Waals surface area contributed by atoms with Crippen molar-refractivity contribution in [3.05, 3.63) is 454 Å². The van der Waals surface area contributed by atoms with E-state index in [-0.39, 0.29) is 144 Å². The molecular weight excluding hydrogens is 1740 g/mol. The second-order valence-corrected chi connectivity index (χ2v) is 32.1. The molecule has 0 unspecified atom stereocenters. The van der Waals surface area contributed by atoms with E-state index in [0.29, 0.717) is 0 Å². The van der Waals surface area contributed by atoms with E-state index in [2.05, 4.69) is 0 Å². The predicted molar refractivity (Wildman–Crippen MR) is 492 cm³/mol. The van der Waals surface area contributed by atoms with Gasteiger partial charge in [-0.3, -0.25) is 0 Å². The predicted octanol–water partition coefficient (Wildman–Crippen LogP) is 23.2. The molecule has 25 heteroatoms. The van der Waals surface area contributed by atoms with Gasteiger partial charge in [-0.15, -0.1) is 0 Å². The Balaban J connectivity index is 0.769. The molecule has 22 nitrogen and oxygen atoms in total. The lowest BCUT2D eigenvalue weighted by atomic mass is 10.1. The van der Waals surface area contributed by atoms with Gasteiger partial charge in [-0.05, 0) is 129 Å². The first-order valence-electron chi connectivity index (χ1n) is 41.2. The minimum Gasteiger partial charge on any atom is -0.489 e. The van der Waals surface area contributed by atoms with Gasteiger partial charge in [0, 0.05) is 42.5 Å². The molecule has 0 aromatic heterocycles. The molecule has 15 aromatic rings. The number of hydrogen-bond donors (Lipinski definition) is 0. The maximum Gasteiger partial charge on any atom is 0.343 e. The van der Waals surface area contributed by atoms with Crippen LogP contribution in [0, 0.1) is 0 Å². The average Bonchev–Trinajstić information content (AvgIpc) is 0.807. The van der Waals surface area contributed by atoms with E-state index in [1.807, 2.05) is 243 Å². The van der Waals surface area contributed by atoms with Crippen LogP contribution in [0.2, 0.25) is 0 Å². The summed E-state index contributed by atoms with van der Waals surface area (Å²) in [5.74, 6) is -8.45. The van der Waals surface area contributed by atoms with Gasteiger partial charge in [0.25, 0.3) is 0 Å². The molecule has 15 aromatic carbocycles. The molecule has 132 heavy (non-hydrogen) atoms. The Morgan fingerprint density at radius 2 is 0.303 bits per heavy atom. The first kappa shape index (κ1) is 90.6. The van der Waals surface area contributed by atoms with Crippen LogP contribution in [0.25, 0.3) is 0 Å². The molecule has 660 valence electrons. The number of hydrogen-bond acceptors (Lipinski definition) is 22. The highest BCUT2D eigenvalue weighted by molar-refractivity contribution is 6.67. The minimum atomic E-state index is -2.15. The summed E-state index contributed by atoms with van der Waals surface area (Å²) in [5, 5.41) is 0. The van der Waals surface area contributed by atoms with Crippen molar-refractivity contribution in [1.82, 2.24) is 0 Å². The highest BCUT2D eigenvalue weighted by Gasteiger charge is 2.28. The maximum absolute atomic E-state index is 15.2. The van der Waals surface area contributed by atoms with E-state index in [4.69, 9.17) is 106 Å². The molecule has 0 bridgehead atoms. The summed E-state index contributed by atoms with van der Waals surface area (Å²) in [5.41, 5.74) is 4.94. The SMILES string of the molecule is O=C(OCC(Cl)(Cl)Cl)c1cc(OC(=O)c2cc(OC(=O)c3cc(OCc4ccccc4)cc(OCc4ccccc4)c3)cc(OC(=O)c3cc(OCc4ccccc4)cc(OCc4ccccc4)c3)c2)cc(OC(=O)c2cc(OC(=O)c3cc(OCc4ccccc4)cc(OCc4ccccc4)c3)cc(OC(=O)c3cc(OCc4ccccc4)cc(OCc4ccccc4)c3)c2)c1. The number of benzene rings is 15. The lowest BCUT2D eigenvalue weighted by Gasteiger charge is -2.15. The Bertz CT molecular complexity index is 5580. The number of halogens is 3. The maximum atomic E-state index is 15.2. The summed E-state index contributed by atoms with van der Waals surface area (Å²) in [7, 11) is 0. The second-order valence-electron chi connectivity index (χ2n) is 29.6. The summed E-state index contributed by atoms with van der Waals surface area (Å²) >= 11 is 18.3. The van der Waals surface area contributed by atoms with Crippen molar-refractivity contribution in [3.63, 3.8) is 0 Å². The van der Waals surface area contributed by atoms with Crippen LogP contribution in [0.5, 0.6) is 80.5 Å². The van der Waals surface area contributed by atoms with Crippen LogP contribution in [0.4, 0.5) is 0 Å². The van der Waals surface area contributed by atoms with Gasteiger partial charge in [0.05, 0.1) is 38.9 Å². The first-order valence-corrected chi connectivity index (χ1v) is 42.4. The van der Waals surface area contributed by atoms with Gasteiger partial charge in [0.1, 0.15) is 140 Å². The normalized spacial score (nSPS) is 10.9. The van der Waals surface area contributed by atoms with Crippen LogP contribution in [0.1, 0.15) is 117 Å². The van der Waals surface area contributed by atoms with Crippen LogP contribution in [-0.2, 0) is 57.6 Å². The Kier molecular flexibility index (Phi) is 30.6. The average molecular weight is 1820 g/mol. The molecule has 0 radical (unpaired) electrons. The molecule has 0 saturated carbocycles. The topological polar surface area (TPSA) is 258 Å². The molecule has 0 spiro atoms. The lowest BCUT2D eigenvalue weighted by molar-refractivity contribution is 0.0507. The number of ether oxygens (including phenoxy) is 15. The van der Waals surface area contributed by atoms with Crippen molar-refractivity contribution < 1.29 is 105 Å². The summed E-state index contributed by atoms with van der Waals surface area (Å²) in [6.07, 6.45) is 0. The molecule has 0 aliphatic heterocycles. The van der Waals surface area contributed by atoms with Crippen molar-refractivity contribution in [2.45, 2.75) is 56.6 Å². The van der Waals surface area contributed by atoms with Crippen LogP contribution in [-0.4, -0.2) is 52.2 Å². The Labute approximate surface area is 773 Å². The second kappa shape index (κ2) is 44.5. The van der Waals surface area contributed by atoms with Crippen molar-refractivity contribution in [2.24, 2.45) is 0 Å². The van der Waals surface area contributed by atoms with Crippen LogP contribution in [0.15, 0.2) is 370 Å². The van der Waals surface area contributed by atoms with Gasteiger partial charge in [-0.2, -0.15) is 0 Å². The molecule has 15 rings (SSSR count).